The van der Waals surface area contributed by atoms with Gasteiger partial charge in [0.05, 0.1) is 0 Å². The average Bonchev–Trinajstić information content (AvgIpc) is 2.98. The second-order valence-corrected chi connectivity index (χ2v) is 12.1. The highest BCUT2D eigenvalue weighted by Crippen LogP contribution is 2.20. The number of rotatable bonds is 26. The van der Waals surface area contributed by atoms with Gasteiger partial charge in [0.1, 0.15) is 6.04 Å². The first-order chi connectivity index (χ1) is 20.7. The molecular weight excluding hydrogens is 550 g/mol. The summed E-state index contributed by atoms with van der Waals surface area (Å²) in [4.78, 5) is 60.7. The Balaban J connectivity index is 2.00. The predicted octanol–water partition coefficient (Wildman–Crippen LogP) is 5.82. The molecule has 4 N–H and O–H groups in total. The molecule has 1 aliphatic heterocycles. The Morgan fingerprint density at radius 2 is 1.12 bits per heavy atom. The molecule has 0 saturated carbocycles. The molecule has 1 aliphatic rings. The SMILES string of the molecule is CCNC(=O)CCC(NC(=O)C1CCN(C(=O)CCCCCCCCCCCCCCCCCCC(=O)O)CC1)C(=O)O. The third-order valence-corrected chi connectivity index (χ3v) is 8.40. The minimum Gasteiger partial charge on any atom is -0.481 e. The maximum absolute atomic E-state index is 12.6. The van der Waals surface area contributed by atoms with Crippen molar-refractivity contribution in [3.05, 3.63) is 0 Å². The molecule has 1 rings (SSSR count). The predicted molar refractivity (Wildman–Crippen MR) is 168 cm³/mol. The number of unbranched alkanes of at least 4 members (excludes halogenated alkanes) is 15. The van der Waals surface area contributed by atoms with Gasteiger partial charge < -0.3 is 25.7 Å². The fourth-order valence-corrected chi connectivity index (χ4v) is 5.68. The molecule has 1 heterocycles. The Kier molecular flexibility index (Phi) is 22.1. The van der Waals surface area contributed by atoms with Crippen molar-refractivity contribution in [2.45, 2.75) is 154 Å². The Morgan fingerprint density at radius 1 is 0.674 bits per heavy atom. The second kappa shape index (κ2) is 24.8. The summed E-state index contributed by atoms with van der Waals surface area (Å²) in [5.74, 6) is -2.55. The lowest BCUT2D eigenvalue weighted by Gasteiger charge is -2.32. The number of piperidine rings is 1. The Bertz CT molecular complexity index is 812. The third kappa shape index (κ3) is 20.0. The topological polar surface area (TPSA) is 153 Å². The molecule has 0 spiro atoms. The van der Waals surface area contributed by atoms with Crippen LogP contribution in [0.2, 0.25) is 0 Å². The molecule has 0 bridgehead atoms. The van der Waals surface area contributed by atoms with Crippen LogP contribution in [0, 0.1) is 5.92 Å². The number of likely N-dealkylation sites (tertiary alicyclic amines) is 1. The van der Waals surface area contributed by atoms with Crippen LogP contribution in [0.1, 0.15) is 148 Å². The molecule has 0 aromatic carbocycles. The Labute approximate surface area is 259 Å². The van der Waals surface area contributed by atoms with Crippen molar-refractivity contribution >= 4 is 29.7 Å². The van der Waals surface area contributed by atoms with Gasteiger partial charge in [0.2, 0.25) is 17.7 Å². The Hall–Kier alpha value is -2.65. The molecule has 0 aromatic rings. The average molecular weight is 610 g/mol. The van der Waals surface area contributed by atoms with Crippen LogP contribution < -0.4 is 10.6 Å². The summed E-state index contributed by atoms with van der Waals surface area (Å²) in [5, 5.41) is 23.3. The first-order valence-electron chi connectivity index (χ1n) is 17.0. The van der Waals surface area contributed by atoms with Crippen LogP contribution >= 0.6 is 0 Å². The zero-order chi connectivity index (χ0) is 31.7. The number of nitrogens with one attached hydrogen (secondary N) is 2. The standard InChI is InChI=1S/C33H59N3O7/c1-2-34-29(37)22-21-28(33(42)43)35-32(41)27-23-25-36(26-24-27)30(38)19-17-15-13-11-9-7-5-3-4-6-8-10-12-14-16-18-20-31(39)40/h27-28H,2-26H2,1H3,(H,34,37)(H,35,41)(H,39,40)(H,42,43). The quantitative estimate of drug-likeness (QED) is 0.0902. The van der Waals surface area contributed by atoms with Crippen LogP contribution in [-0.2, 0) is 24.0 Å². The van der Waals surface area contributed by atoms with Crippen LogP contribution in [0.4, 0.5) is 0 Å². The van der Waals surface area contributed by atoms with Crippen molar-refractivity contribution in [2.75, 3.05) is 19.6 Å². The molecule has 0 aromatic heterocycles. The lowest BCUT2D eigenvalue weighted by Crippen LogP contribution is -2.47. The van der Waals surface area contributed by atoms with E-state index in [4.69, 9.17) is 5.11 Å². The zero-order valence-corrected chi connectivity index (χ0v) is 26.7. The molecule has 248 valence electrons. The van der Waals surface area contributed by atoms with Gasteiger partial charge in [0.25, 0.3) is 0 Å². The first-order valence-corrected chi connectivity index (χ1v) is 17.0. The number of hydrogen-bond donors (Lipinski definition) is 4. The minimum atomic E-state index is -1.15. The van der Waals surface area contributed by atoms with Gasteiger partial charge in [0, 0.05) is 44.8 Å². The van der Waals surface area contributed by atoms with Crippen molar-refractivity contribution in [3.63, 3.8) is 0 Å². The molecular formula is C33H59N3O7. The molecule has 1 fully saturated rings. The van der Waals surface area contributed by atoms with E-state index in [-0.39, 0.29) is 36.5 Å². The molecule has 1 saturated heterocycles. The first kappa shape index (κ1) is 38.4. The summed E-state index contributed by atoms with van der Waals surface area (Å²) in [6.45, 7) is 3.30. The van der Waals surface area contributed by atoms with Crippen LogP contribution in [-0.4, -0.2) is 70.4 Å². The van der Waals surface area contributed by atoms with Crippen molar-refractivity contribution in [3.8, 4) is 0 Å². The number of amides is 3. The Morgan fingerprint density at radius 3 is 1.53 bits per heavy atom. The van der Waals surface area contributed by atoms with Crippen molar-refractivity contribution in [2.24, 2.45) is 5.92 Å². The third-order valence-electron chi connectivity index (χ3n) is 8.40. The smallest absolute Gasteiger partial charge is 0.326 e. The number of carboxylic acid groups (broad SMARTS) is 2. The van der Waals surface area contributed by atoms with E-state index in [9.17, 15) is 29.1 Å². The van der Waals surface area contributed by atoms with Crippen LogP contribution in [0.3, 0.4) is 0 Å². The van der Waals surface area contributed by atoms with E-state index in [2.05, 4.69) is 10.6 Å². The lowest BCUT2D eigenvalue weighted by atomic mass is 9.95. The highest BCUT2D eigenvalue weighted by molar-refractivity contribution is 5.86. The summed E-state index contributed by atoms with van der Waals surface area (Å²) in [5.41, 5.74) is 0. The van der Waals surface area contributed by atoms with Gasteiger partial charge in [-0.05, 0) is 39.0 Å². The summed E-state index contributed by atoms with van der Waals surface area (Å²) in [6.07, 6.45) is 20.9. The van der Waals surface area contributed by atoms with E-state index in [1.54, 1.807) is 6.92 Å². The fourth-order valence-electron chi connectivity index (χ4n) is 5.68. The monoisotopic (exact) mass is 609 g/mol. The van der Waals surface area contributed by atoms with Crippen molar-refractivity contribution in [1.82, 2.24) is 15.5 Å². The molecule has 3 amide bonds. The summed E-state index contributed by atoms with van der Waals surface area (Å²) < 4.78 is 0. The van der Waals surface area contributed by atoms with Gasteiger partial charge in [0.15, 0.2) is 0 Å². The van der Waals surface area contributed by atoms with Crippen LogP contribution in [0.15, 0.2) is 0 Å². The summed E-state index contributed by atoms with van der Waals surface area (Å²) >= 11 is 0. The van der Waals surface area contributed by atoms with Gasteiger partial charge >= 0.3 is 11.9 Å². The largest absolute Gasteiger partial charge is 0.481 e. The number of carbonyl (C=O) groups is 5. The van der Waals surface area contributed by atoms with Gasteiger partial charge in [-0.2, -0.15) is 0 Å². The van der Waals surface area contributed by atoms with Crippen molar-refractivity contribution < 1.29 is 34.2 Å². The van der Waals surface area contributed by atoms with Crippen molar-refractivity contribution in [1.29, 1.82) is 0 Å². The molecule has 1 unspecified atom stereocenters. The molecule has 0 aliphatic carbocycles. The lowest BCUT2D eigenvalue weighted by molar-refractivity contribution is -0.143. The maximum atomic E-state index is 12.6. The second-order valence-electron chi connectivity index (χ2n) is 12.1. The van der Waals surface area contributed by atoms with E-state index in [1.807, 2.05) is 4.90 Å². The van der Waals surface area contributed by atoms with Gasteiger partial charge in [-0.25, -0.2) is 4.79 Å². The normalized spacial score (nSPS) is 14.3. The number of nitrogens with zero attached hydrogens (tertiary/aromatic N) is 1. The van der Waals surface area contributed by atoms with E-state index < -0.39 is 18.0 Å². The summed E-state index contributed by atoms with van der Waals surface area (Å²) in [6, 6.07) is -1.09. The number of hydrogen-bond acceptors (Lipinski definition) is 5. The molecule has 10 heteroatoms. The van der Waals surface area contributed by atoms with E-state index >= 15 is 0 Å². The van der Waals surface area contributed by atoms with Crippen LogP contribution in [0.5, 0.6) is 0 Å². The zero-order valence-electron chi connectivity index (χ0n) is 26.7. The summed E-state index contributed by atoms with van der Waals surface area (Å²) in [7, 11) is 0. The highest BCUT2D eigenvalue weighted by Gasteiger charge is 2.30. The number of carbonyl (C=O) groups excluding carboxylic acids is 3. The van der Waals surface area contributed by atoms with Crippen LogP contribution in [0.25, 0.3) is 0 Å². The molecule has 0 radical (unpaired) electrons. The minimum absolute atomic E-state index is 0.0423. The van der Waals surface area contributed by atoms with E-state index in [1.165, 1.54) is 64.2 Å². The highest BCUT2D eigenvalue weighted by atomic mass is 16.4. The maximum Gasteiger partial charge on any atom is 0.326 e. The molecule has 1 atom stereocenters. The van der Waals surface area contributed by atoms with Gasteiger partial charge in [-0.3, -0.25) is 19.2 Å². The van der Waals surface area contributed by atoms with E-state index in [0.717, 1.165) is 38.5 Å². The van der Waals surface area contributed by atoms with E-state index in [0.29, 0.717) is 45.3 Å². The number of aliphatic carboxylic acids is 2. The number of carboxylic acids is 2. The fraction of sp³-hybridized carbons (Fsp3) is 0.848. The van der Waals surface area contributed by atoms with Gasteiger partial charge in [-0.15, -0.1) is 0 Å². The van der Waals surface area contributed by atoms with Gasteiger partial charge in [-0.1, -0.05) is 89.9 Å². The molecule has 10 nitrogen and oxygen atoms in total. The molecule has 43 heavy (non-hydrogen) atoms.